The molecule has 2 fully saturated rings. The number of alkyl halides is 2. The monoisotopic (exact) mass is 485 g/mol. The van der Waals surface area contributed by atoms with Gasteiger partial charge in [0.25, 0.3) is 0 Å². The number of benzene rings is 1. The second-order valence-electron chi connectivity index (χ2n) is 9.39. The van der Waals surface area contributed by atoms with E-state index in [0.29, 0.717) is 26.9 Å². The molecule has 180 valence electrons. The molecule has 5 heterocycles. The molecule has 0 radical (unpaired) electrons. The maximum absolute atomic E-state index is 13.0. The Morgan fingerprint density at radius 2 is 1.81 bits per heavy atom. The Morgan fingerprint density at radius 3 is 2.44 bits per heavy atom. The van der Waals surface area contributed by atoms with Crippen molar-refractivity contribution in [2.75, 3.05) is 31.1 Å². The summed E-state index contributed by atoms with van der Waals surface area (Å²) in [5.41, 5.74) is 5.17. The van der Waals surface area contributed by atoms with E-state index in [9.17, 15) is 18.8 Å². The first-order valence-electron chi connectivity index (χ1n) is 11.4. The predicted molar refractivity (Wildman–Crippen MR) is 129 cm³/mol. The van der Waals surface area contributed by atoms with E-state index in [4.69, 9.17) is 0 Å². The minimum atomic E-state index is -2.73. The SMILES string of the molecule is C=CC(=O)N1CC2(C1)CN(c1ccc(-c3cc(-c4cnn(C(F)F)c4)cn4ncc(C#N)c34)cc1)C2. The molecular formula is C26H21F2N7O. The molecule has 2 saturated heterocycles. The third-order valence-corrected chi connectivity index (χ3v) is 7.00. The molecule has 0 saturated carbocycles. The van der Waals surface area contributed by atoms with Gasteiger partial charge in [-0.2, -0.15) is 24.2 Å². The van der Waals surface area contributed by atoms with Crippen LogP contribution in [0.15, 0.2) is 67.8 Å². The van der Waals surface area contributed by atoms with Gasteiger partial charge in [-0.3, -0.25) is 4.79 Å². The van der Waals surface area contributed by atoms with E-state index >= 15 is 0 Å². The van der Waals surface area contributed by atoms with Crippen molar-refractivity contribution in [1.82, 2.24) is 24.3 Å². The number of likely N-dealkylation sites (tertiary alicyclic amines) is 1. The van der Waals surface area contributed by atoms with E-state index in [0.717, 1.165) is 43.0 Å². The number of nitrogens with zero attached hydrogens (tertiary/aromatic N) is 7. The molecule has 0 bridgehead atoms. The van der Waals surface area contributed by atoms with E-state index in [1.807, 2.05) is 35.2 Å². The van der Waals surface area contributed by atoms with Gasteiger partial charge >= 0.3 is 6.55 Å². The Morgan fingerprint density at radius 1 is 1.06 bits per heavy atom. The van der Waals surface area contributed by atoms with Crippen LogP contribution < -0.4 is 4.90 Å². The molecule has 8 nitrogen and oxygen atoms in total. The zero-order valence-corrected chi connectivity index (χ0v) is 19.2. The van der Waals surface area contributed by atoms with Crippen LogP contribution in [0.1, 0.15) is 12.1 Å². The van der Waals surface area contributed by atoms with Crippen LogP contribution in [0.5, 0.6) is 0 Å². The van der Waals surface area contributed by atoms with Gasteiger partial charge in [0.15, 0.2) is 0 Å². The predicted octanol–water partition coefficient (Wildman–Crippen LogP) is 3.97. The fourth-order valence-electron chi connectivity index (χ4n) is 5.22. The molecule has 2 aliphatic rings. The first kappa shape index (κ1) is 22.0. The number of hydrogen-bond acceptors (Lipinski definition) is 5. The Kier molecular flexibility index (Phi) is 4.89. The number of pyridine rings is 1. The van der Waals surface area contributed by atoms with E-state index in [2.05, 4.69) is 27.7 Å². The third kappa shape index (κ3) is 3.43. The number of anilines is 1. The van der Waals surface area contributed by atoms with Crippen molar-refractivity contribution in [2.24, 2.45) is 5.41 Å². The van der Waals surface area contributed by atoms with Crippen LogP contribution in [0.4, 0.5) is 14.5 Å². The van der Waals surface area contributed by atoms with Gasteiger partial charge in [0.2, 0.25) is 5.91 Å². The second-order valence-corrected chi connectivity index (χ2v) is 9.39. The number of nitriles is 1. The molecule has 0 unspecified atom stereocenters. The Balaban J connectivity index is 1.29. The van der Waals surface area contributed by atoms with Gasteiger partial charge in [-0.05, 0) is 29.8 Å². The fourth-order valence-corrected chi connectivity index (χ4v) is 5.22. The number of carbonyl (C=O) groups excluding carboxylic acids is 1. The molecule has 0 atom stereocenters. The summed E-state index contributed by atoms with van der Waals surface area (Å²) in [6.07, 6.45) is 7.24. The lowest BCUT2D eigenvalue weighted by molar-refractivity contribution is -0.139. The highest BCUT2D eigenvalue weighted by Gasteiger charge is 2.52. The molecule has 1 spiro atoms. The second kappa shape index (κ2) is 8.02. The Bertz CT molecular complexity index is 1530. The summed E-state index contributed by atoms with van der Waals surface area (Å²) in [7, 11) is 0. The summed E-state index contributed by atoms with van der Waals surface area (Å²) in [6.45, 7) is 4.13. The average Bonchev–Trinajstić information content (AvgIpc) is 3.49. The topological polar surface area (TPSA) is 82.5 Å². The van der Waals surface area contributed by atoms with Crippen molar-refractivity contribution in [3.05, 3.63) is 73.3 Å². The highest BCUT2D eigenvalue weighted by Crippen LogP contribution is 2.42. The van der Waals surface area contributed by atoms with Gasteiger partial charge in [0.1, 0.15) is 6.07 Å². The molecule has 4 aromatic rings. The summed E-state index contributed by atoms with van der Waals surface area (Å²) in [4.78, 5) is 15.8. The van der Waals surface area contributed by atoms with Gasteiger partial charge in [-0.25, -0.2) is 9.20 Å². The van der Waals surface area contributed by atoms with E-state index in [1.165, 1.54) is 24.7 Å². The minimum Gasteiger partial charge on any atom is -0.370 e. The number of amides is 1. The lowest BCUT2D eigenvalue weighted by Crippen LogP contribution is -2.73. The molecule has 3 aromatic heterocycles. The Labute approximate surface area is 205 Å². The minimum absolute atomic E-state index is 0.0184. The zero-order valence-electron chi connectivity index (χ0n) is 19.2. The lowest BCUT2D eigenvalue weighted by Gasteiger charge is -2.60. The first-order chi connectivity index (χ1) is 17.4. The van der Waals surface area contributed by atoms with Gasteiger partial charge in [0, 0.05) is 66.4 Å². The van der Waals surface area contributed by atoms with Crippen LogP contribution in [-0.4, -0.2) is 56.4 Å². The summed E-state index contributed by atoms with van der Waals surface area (Å²) < 4.78 is 28.3. The molecule has 6 rings (SSSR count). The zero-order chi connectivity index (χ0) is 25.0. The highest BCUT2D eigenvalue weighted by atomic mass is 19.3. The largest absolute Gasteiger partial charge is 0.370 e. The summed E-state index contributed by atoms with van der Waals surface area (Å²) >= 11 is 0. The summed E-state index contributed by atoms with van der Waals surface area (Å²) in [5, 5.41) is 17.7. The first-order valence-corrected chi connectivity index (χ1v) is 11.4. The van der Waals surface area contributed by atoms with Crippen LogP contribution in [0.3, 0.4) is 0 Å². The van der Waals surface area contributed by atoms with E-state index in [1.54, 1.807) is 10.7 Å². The smallest absolute Gasteiger partial charge is 0.333 e. The van der Waals surface area contributed by atoms with Gasteiger partial charge in [0.05, 0.1) is 23.5 Å². The quantitative estimate of drug-likeness (QED) is 0.400. The molecule has 0 N–H and O–H groups in total. The molecular weight excluding hydrogens is 464 g/mol. The average molecular weight is 485 g/mol. The number of carbonyl (C=O) groups is 1. The third-order valence-electron chi connectivity index (χ3n) is 7.00. The van der Waals surface area contributed by atoms with Crippen molar-refractivity contribution in [3.63, 3.8) is 0 Å². The highest BCUT2D eigenvalue weighted by molar-refractivity contribution is 5.89. The lowest BCUT2D eigenvalue weighted by atomic mass is 9.72. The van der Waals surface area contributed by atoms with Crippen LogP contribution in [0, 0.1) is 16.7 Å². The van der Waals surface area contributed by atoms with Crippen LogP contribution in [-0.2, 0) is 4.79 Å². The number of halogens is 2. The molecule has 0 aliphatic carbocycles. The fraction of sp³-hybridized carbons (Fsp3) is 0.231. The normalized spacial score (nSPS) is 16.2. The Hall–Kier alpha value is -4.52. The number of aromatic nitrogens is 4. The van der Waals surface area contributed by atoms with Crippen LogP contribution in [0.25, 0.3) is 27.8 Å². The van der Waals surface area contributed by atoms with Crippen molar-refractivity contribution in [1.29, 1.82) is 5.26 Å². The summed E-state index contributed by atoms with van der Waals surface area (Å²) in [5.74, 6) is -0.0184. The van der Waals surface area contributed by atoms with Crippen LogP contribution in [0.2, 0.25) is 0 Å². The van der Waals surface area contributed by atoms with Crippen molar-refractivity contribution >= 4 is 17.1 Å². The number of rotatable bonds is 5. The maximum Gasteiger partial charge on any atom is 0.333 e. The van der Waals surface area contributed by atoms with Crippen molar-refractivity contribution in [2.45, 2.75) is 6.55 Å². The molecule has 36 heavy (non-hydrogen) atoms. The summed E-state index contributed by atoms with van der Waals surface area (Å²) in [6, 6.07) is 12.1. The maximum atomic E-state index is 13.0. The van der Waals surface area contributed by atoms with E-state index in [-0.39, 0.29) is 11.3 Å². The standard InChI is InChI=1S/C26H21F2N7O/c1-2-23(36)33-15-26(16-33)13-32(14-26)21-5-3-17(4-6-21)22-7-18(20-10-31-35(12-20)25(27)28)11-34-24(22)19(8-29)9-30-34/h2-7,9-12,25H,1,13-16H2. The van der Waals surface area contributed by atoms with E-state index < -0.39 is 6.55 Å². The number of fused-ring (bicyclic) bond motifs is 1. The van der Waals surface area contributed by atoms with Crippen molar-refractivity contribution in [3.8, 4) is 28.3 Å². The number of hydrogen-bond donors (Lipinski definition) is 0. The molecule has 2 aliphatic heterocycles. The molecule has 1 aromatic carbocycles. The van der Waals surface area contributed by atoms with Gasteiger partial charge < -0.3 is 9.80 Å². The van der Waals surface area contributed by atoms with Crippen molar-refractivity contribution < 1.29 is 13.6 Å². The van der Waals surface area contributed by atoms with Gasteiger partial charge in [-0.1, -0.05) is 18.7 Å². The van der Waals surface area contributed by atoms with Gasteiger partial charge in [-0.15, -0.1) is 0 Å². The van der Waals surface area contributed by atoms with Crippen LogP contribution >= 0.6 is 0 Å². The molecule has 1 amide bonds. The molecule has 10 heteroatoms.